The van der Waals surface area contributed by atoms with Crippen LogP contribution >= 0.6 is 22.9 Å². The Hall–Kier alpha value is -1.85. The average Bonchev–Trinajstić information content (AvgIpc) is 2.98. The molecule has 23 heavy (non-hydrogen) atoms. The predicted molar refractivity (Wildman–Crippen MR) is 89.6 cm³/mol. The molecular weight excluding hydrogens is 334 g/mol. The topological polar surface area (TPSA) is 66.4 Å². The number of carboxylic acid groups (broad SMARTS) is 1. The first-order chi connectivity index (χ1) is 11.1. The number of carbonyl (C=O) groups is 2. The highest BCUT2D eigenvalue weighted by atomic mass is 35.5. The molecule has 2 N–H and O–H groups in total. The van der Waals surface area contributed by atoms with E-state index in [2.05, 4.69) is 5.32 Å². The minimum atomic E-state index is -0.894. The third-order valence-corrected chi connectivity index (χ3v) is 5.25. The van der Waals surface area contributed by atoms with E-state index < -0.39 is 17.8 Å². The molecule has 4 nitrogen and oxygen atoms in total. The van der Waals surface area contributed by atoms with Gasteiger partial charge in [-0.05, 0) is 52.9 Å². The minimum absolute atomic E-state index is 0.199. The van der Waals surface area contributed by atoms with E-state index in [1.807, 2.05) is 29.0 Å². The highest BCUT2D eigenvalue weighted by molar-refractivity contribution is 7.08. The Balaban J connectivity index is 1.81. The predicted octanol–water partition coefficient (Wildman–Crippen LogP) is 3.72. The number of rotatable bonds is 5. The lowest BCUT2D eigenvalue weighted by atomic mass is 9.73. The van der Waals surface area contributed by atoms with Crippen molar-refractivity contribution in [3.63, 3.8) is 0 Å². The normalized spacial score (nSPS) is 21.3. The fourth-order valence-corrected chi connectivity index (χ4v) is 3.62. The molecule has 0 saturated heterocycles. The fraction of sp³-hybridized carbons (Fsp3) is 0.294. The molecular formula is C17H16ClNO3S. The highest BCUT2D eigenvalue weighted by Crippen LogP contribution is 2.36. The number of hydrogen-bond donors (Lipinski definition) is 2. The maximum atomic E-state index is 12.5. The monoisotopic (exact) mass is 349 g/mol. The van der Waals surface area contributed by atoms with Crippen molar-refractivity contribution in [3.05, 3.63) is 57.2 Å². The SMILES string of the molecule is O=C(O)C1CCC1C(=O)NC(c1ccc(Cl)cc1)c1ccsc1. The summed E-state index contributed by atoms with van der Waals surface area (Å²) in [5.41, 5.74) is 1.91. The van der Waals surface area contributed by atoms with Crippen molar-refractivity contribution < 1.29 is 14.7 Å². The fourth-order valence-electron chi connectivity index (χ4n) is 2.81. The maximum Gasteiger partial charge on any atom is 0.307 e. The van der Waals surface area contributed by atoms with Crippen LogP contribution in [0.15, 0.2) is 41.1 Å². The number of amides is 1. The maximum absolute atomic E-state index is 12.5. The molecule has 1 amide bonds. The van der Waals surface area contributed by atoms with Crippen LogP contribution in [-0.4, -0.2) is 17.0 Å². The molecule has 1 aromatic heterocycles. The van der Waals surface area contributed by atoms with Gasteiger partial charge in [-0.2, -0.15) is 11.3 Å². The van der Waals surface area contributed by atoms with Gasteiger partial charge in [0.15, 0.2) is 0 Å². The van der Waals surface area contributed by atoms with E-state index in [0.29, 0.717) is 17.9 Å². The zero-order valence-corrected chi connectivity index (χ0v) is 13.8. The van der Waals surface area contributed by atoms with Gasteiger partial charge in [-0.3, -0.25) is 9.59 Å². The van der Waals surface area contributed by atoms with Gasteiger partial charge in [0.1, 0.15) is 0 Å². The van der Waals surface area contributed by atoms with Crippen LogP contribution in [-0.2, 0) is 9.59 Å². The third kappa shape index (κ3) is 3.41. The van der Waals surface area contributed by atoms with Crippen molar-refractivity contribution in [2.45, 2.75) is 18.9 Å². The lowest BCUT2D eigenvalue weighted by Gasteiger charge is -2.33. The molecule has 1 heterocycles. The summed E-state index contributed by atoms with van der Waals surface area (Å²) in [6.07, 6.45) is 1.19. The lowest BCUT2D eigenvalue weighted by Crippen LogP contribution is -2.45. The Bertz CT molecular complexity index is 699. The third-order valence-electron chi connectivity index (χ3n) is 4.29. The second kappa shape index (κ2) is 6.72. The zero-order chi connectivity index (χ0) is 16.4. The zero-order valence-electron chi connectivity index (χ0n) is 12.2. The molecule has 0 bridgehead atoms. The molecule has 3 unspecified atom stereocenters. The van der Waals surface area contributed by atoms with Gasteiger partial charge in [-0.15, -0.1) is 0 Å². The number of thiophene rings is 1. The lowest BCUT2D eigenvalue weighted by molar-refractivity contribution is -0.152. The van der Waals surface area contributed by atoms with Gasteiger partial charge in [0.05, 0.1) is 17.9 Å². The van der Waals surface area contributed by atoms with Crippen molar-refractivity contribution in [2.24, 2.45) is 11.8 Å². The number of nitrogens with one attached hydrogen (secondary N) is 1. The molecule has 0 aliphatic heterocycles. The number of carboxylic acids is 1. The Kier molecular flexibility index (Phi) is 4.68. The first-order valence-electron chi connectivity index (χ1n) is 7.37. The van der Waals surface area contributed by atoms with Crippen LogP contribution in [0.2, 0.25) is 5.02 Å². The van der Waals surface area contributed by atoms with Gasteiger partial charge in [0, 0.05) is 5.02 Å². The number of carbonyl (C=O) groups excluding carboxylic acids is 1. The van der Waals surface area contributed by atoms with Crippen molar-refractivity contribution in [1.29, 1.82) is 0 Å². The first kappa shape index (κ1) is 16.0. The van der Waals surface area contributed by atoms with Crippen molar-refractivity contribution >= 4 is 34.8 Å². The van der Waals surface area contributed by atoms with Gasteiger partial charge in [-0.25, -0.2) is 0 Å². The van der Waals surface area contributed by atoms with Crippen LogP contribution in [0.1, 0.15) is 30.0 Å². The van der Waals surface area contributed by atoms with Gasteiger partial charge in [-0.1, -0.05) is 23.7 Å². The van der Waals surface area contributed by atoms with E-state index in [1.54, 1.807) is 23.5 Å². The van der Waals surface area contributed by atoms with E-state index in [4.69, 9.17) is 16.7 Å². The number of benzene rings is 1. The standard InChI is InChI=1S/C17H16ClNO3S/c18-12-3-1-10(2-4-12)15(11-7-8-23-9-11)19-16(20)13-5-6-14(13)17(21)22/h1-4,7-9,13-15H,5-6H2,(H,19,20)(H,21,22). The molecule has 3 rings (SSSR count). The average molecular weight is 350 g/mol. The molecule has 1 aliphatic rings. The second-order valence-corrected chi connectivity index (χ2v) is 6.89. The van der Waals surface area contributed by atoms with Crippen LogP contribution in [0.4, 0.5) is 0 Å². The van der Waals surface area contributed by atoms with Crippen molar-refractivity contribution in [1.82, 2.24) is 5.32 Å². The highest BCUT2D eigenvalue weighted by Gasteiger charge is 2.42. The van der Waals surface area contributed by atoms with Crippen LogP contribution in [0.25, 0.3) is 0 Å². The molecule has 0 spiro atoms. The molecule has 1 aliphatic carbocycles. The summed E-state index contributed by atoms with van der Waals surface area (Å²) in [5.74, 6) is -2.10. The summed E-state index contributed by atoms with van der Waals surface area (Å²) in [6, 6.07) is 8.99. The largest absolute Gasteiger partial charge is 0.481 e. The molecule has 120 valence electrons. The summed E-state index contributed by atoms with van der Waals surface area (Å²) < 4.78 is 0. The molecule has 6 heteroatoms. The molecule has 2 aromatic rings. The van der Waals surface area contributed by atoms with Gasteiger partial charge >= 0.3 is 5.97 Å². The Morgan fingerprint density at radius 3 is 2.35 bits per heavy atom. The quantitative estimate of drug-likeness (QED) is 0.864. The number of halogens is 1. The Labute approximate surface area is 143 Å². The van der Waals surface area contributed by atoms with Gasteiger partial charge < -0.3 is 10.4 Å². The van der Waals surface area contributed by atoms with Crippen LogP contribution < -0.4 is 5.32 Å². The summed E-state index contributed by atoms with van der Waals surface area (Å²) in [6.45, 7) is 0. The number of aliphatic carboxylic acids is 1. The minimum Gasteiger partial charge on any atom is -0.481 e. The number of hydrogen-bond acceptors (Lipinski definition) is 3. The van der Waals surface area contributed by atoms with E-state index in [0.717, 1.165) is 11.1 Å². The van der Waals surface area contributed by atoms with E-state index >= 15 is 0 Å². The molecule has 1 fully saturated rings. The molecule has 3 atom stereocenters. The Morgan fingerprint density at radius 2 is 1.83 bits per heavy atom. The summed E-state index contributed by atoms with van der Waals surface area (Å²) in [5, 5.41) is 16.7. The van der Waals surface area contributed by atoms with Crippen molar-refractivity contribution in [2.75, 3.05) is 0 Å². The van der Waals surface area contributed by atoms with Crippen LogP contribution in [0.3, 0.4) is 0 Å². The van der Waals surface area contributed by atoms with Crippen LogP contribution in [0.5, 0.6) is 0 Å². The molecule has 1 saturated carbocycles. The van der Waals surface area contributed by atoms with Gasteiger partial charge in [0.25, 0.3) is 0 Å². The van der Waals surface area contributed by atoms with E-state index in [9.17, 15) is 9.59 Å². The van der Waals surface area contributed by atoms with Crippen LogP contribution in [0, 0.1) is 11.8 Å². The summed E-state index contributed by atoms with van der Waals surface area (Å²) >= 11 is 7.49. The molecule has 0 radical (unpaired) electrons. The summed E-state index contributed by atoms with van der Waals surface area (Å²) in [7, 11) is 0. The second-order valence-electron chi connectivity index (χ2n) is 5.68. The Morgan fingerprint density at radius 1 is 1.13 bits per heavy atom. The first-order valence-corrected chi connectivity index (χ1v) is 8.69. The smallest absolute Gasteiger partial charge is 0.307 e. The van der Waals surface area contributed by atoms with E-state index in [1.165, 1.54) is 0 Å². The van der Waals surface area contributed by atoms with E-state index in [-0.39, 0.29) is 11.9 Å². The van der Waals surface area contributed by atoms with Crippen molar-refractivity contribution in [3.8, 4) is 0 Å². The summed E-state index contributed by atoms with van der Waals surface area (Å²) in [4.78, 5) is 23.6. The molecule has 1 aromatic carbocycles. The van der Waals surface area contributed by atoms with Gasteiger partial charge in [0.2, 0.25) is 5.91 Å².